The van der Waals surface area contributed by atoms with Crippen LogP contribution in [0.25, 0.3) is 11.3 Å². The molecule has 0 radical (unpaired) electrons. The van der Waals surface area contributed by atoms with E-state index >= 15 is 0 Å². The average Bonchev–Trinajstić information content (AvgIpc) is 2.38. The largest absolute Gasteiger partial charge is 0.417 e. The fourth-order valence-corrected chi connectivity index (χ4v) is 1.72. The van der Waals surface area contributed by atoms with E-state index < -0.39 is 11.7 Å². The minimum Gasteiger partial charge on any atom is -0.376 e. The van der Waals surface area contributed by atoms with Crippen molar-refractivity contribution >= 4 is 23.0 Å². The van der Waals surface area contributed by atoms with Gasteiger partial charge in [0.1, 0.15) is 0 Å². The lowest BCUT2D eigenvalue weighted by Crippen LogP contribution is -2.18. The lowest BCUT2D eigenvalue weighted by atomic mass is 10.1. The molecule has 0 aliphatic rings. The molecule has 20 heavy (non-hydrogen) atoms. The molecule has 2 aromatic rings. The van der Waals surface area contributed by atoms with Crippen LogP contribution in [0, 0.1) is 0 Å². The van der Waals surface area contributed by atoms with Crippen molar-refractivity contribution in [1.29, 1.82) is 0 Å². The van der Waals surface area contributed by atoms with E-state index in [0.717, 1.165) is 12.3 Å². The van der Waals surface area contributed by atoms with Crippen LogP contribution in [0.1, 0.15) is 5.56 Å². The first-order chi connectivity index (χ1) is 9.36. The van der Waals surface area contributed by atoms with Gasteiger partial charge in [-0.05, 0) is 36.5 Å². The van der Waals surface area contributed by atoms with E-state index in [1.165, 1.54) is 6.07 Å². The maximum Gasteiger partial charge on any atom is 0.417 e. The quantitative estimate of drug-likeness (QED) is 0.834. The van der Waals surface area contributed by atoms with Gasteiger partial charge in [0.05, 0.1) is 11.3 Å². The molecule has 0 bridgehead atoms. The second-order valence-electron chi connectivity index (χ2n) is 4.00. The Labute approximate surface area is 118 Å². The summed E-state index contributed by atoms with van der Waals surface area (Å²) in [5, 5.41) is 2.90. The number of aromatic nitrogens is 1. The Kier molecular flexibility index (Phi) is 3.89. The monoisotopic (exact) mass is 297 g/mol. The molecule has 0 unspecified atom stereocenters. The molecule has 0 atom stereocenters. The highest BCUT2D eigenvalue weighted by molar-refractivity contribution is 7.80. The van der Waals surface area contributed by atoms with Gasteiger partial charge in [-0.25, -0.2) is 0 Å². The highest BCUT2D eigenvalue weighted by Crippen LogP contribution is 2.29. The zero-order valence-corrected chi connectivity index (χ0v) is 10.9. The van der Waals surface area contributed by atoms with Gasteiger partial charge >= 0.3 is 6.18 Å². The number of pyridine rings is 1. The Balaban J connectivity index is 2.21. The van der Waals surface area contributed by atoms with E-state index in [1.54, 1.807) is 24.3 Å². The Hall–Kier alpha value is -2.15. The summed E-state index contributed by atoms with van der Waals surface area (Å²) in [6.45, 7) is 0. The van der Waals surface area contributed by atoms with Gasteiger partial charge in [-0.15, -0.1) is 0 Å². The summed E-state index contributed by atoms with van der Waals surface area (Å²) >= 11 is 4.70. The van der Waals surface area contributed by atoms with Crippen molar-refractivity contribution in [3.63, 3.8) is 0 Å². The zero-order valence-electron chi connectivity index (χ0n) is 10.1. The molecule has 0 spiro atoms. The van der Waals surface area contributed by atoms with Crippen molar-refractivity contribution in [2.75, 3.05) is 5.32 Å². The third-order valence-corrected chi connectivity index (χ3v) is 2.64. The summed E-state index contributed by atoms with van der Waals surface area (Å²) in [5.74, 6) is 0. The second-order valence-corrected chi connectivity index (χ2v) is 4.44. The molecule has 2 rings (SSSR count). The van der Waals surface area contributed by atoms with Crippen molar-refractivity contribution in [1.82, 2.24) is 4.98 Å². The first-order valence-corrected chi connectivity index (χ1v) is 5.97. The van der Waals surface area contributed by atoms with Gasteiger partial charge in [0.2, 0.25) is 0 Å². The third-order valence-electron chi connectivity index (χ3n) is 2.54. The van der Waals surface area contributed by atoms with Crippen LogP contribution in [0.3, 0.4) is 0 Å². The molecule has 0 saturated carbocycles. The van der Waals surface area contributed by atoms with Gasteiger partial charge in [0, 0.05) is 17.4 Å². The molecule has 1 aromatic heterocycles. The fraction of sp³-hybridized carbons (Fsp3) is 0.0769. The summed E-state index contributed by atoms with van der Waals surface area (Å²) in [7, 11) is 0. The van der Waals surface area contributed by atoms with Crippen LogP contribution in [0.4, 0.5) is 18.9 Å². The third kappa shape index (κ3) is 3.45. The number of thiocarbonyl (C=S) groups is 1. The number of rotatable bonds is 2. The van der Waals surface area contributed by atoms with Gasteiger partial charge in [-0.1, -0.05) is 12.1 Å². The Morgan fingerprint density at radius 2 is 1.75 bits per heavy atom. The van der Waals surface area contributed by atoms with Crippen LogP contribution in [-0.4, -0.2) is 10.1 Å². The topological polar surface area (TPSA) is 50.9 Å². The average molecular weight is 297 g/mol. The minimum absolute atomic E-state index is 0.144. The Bertz CT molecular complexity index is 606. The van der Waals surface area contributed by atoms with Crippen LogP contribution in [0.15, 0.2) is 42.6 Å². The van der Waals surface area contributed by atoms with Crippen molar-refractivity contribution in [3.05, 3.63) is 48.2 Å². The molecule has 0 amide bonds. The van der Waals surface area contributed by atoms with E-state index in [9.17, 15) is 13.2 Å². The standard InChI is InChI=1S/C13H10F3N3S/c14-13(15,16)9-3-6-11(18-7-9)8-1-4-10(5-2-8)19-12(17)20/h1-7H,(H3,17,19,20). The molecule has 7 heteroatoms. The number of nitrogens with two attached hydrogens (primary N) is 1. The van der Waals surface area contributed by atoms with E-state index in [0.29, 0.717) is 16.9 Å². The van der Waals surface area contributed by atoms with Crippen molar-refractivity contribution in [2.45, 2.75) is 6.18 Å². The molecule has 0 saturated heterocycles. The molecule has 1 aromatic carbocycles. The van der Waals surface area contributed by atoms with Crippen LogP contribution < -0.4 is 11.1 Å². The number of anilines is 1. The predicted octanol–water partition coefficient (Wildman–Crippen LogP) is 3.42. The van der Waals surface area contributed by atoms with E-state index in [4.69, 9.17) is 18.0 Å². The van der Waals surface area contributed by atoms with Gasteiger partial charge in [-0.2, -0.15) is 13.2 Å². The number of halogens is 3. The summed E-state index contributed by atoms with van der Waals surface area (Å²) in [5.41, 5.74) is 6.42. The van der Waals surface area contributed by atoms with Crippen molar-refractivity contribution in [3.8, 4) is 11.3 Å². The molecule has 3 nitrogen and oxygen atoms in total. The summed E-state index contributed by atoms with van der Waals surface area (Å²) < 4.78 is 37.3. The van der Waals surface area contributed by atoms with Gasteiger partial charge < -0.3 is 11.1 Å². The maximum absolute atomic E-state index is 12.4. The van der Waals surface area contributed by atoms with Crippen molar-refractivity contribution < 1.29 is 13.2 Å². The van der Waals surface area contributed by atoms with E-state index in [2.05, 4.69) is 10.3 Å². The summed E-state index contributed by atoms with van der Waals surface area (Å²) in [6, 6.07) is 9.20. The first-order valence-electron chi connectivity index (χ1n) is 5.56. The minimum atomic E-state index is -4.38. The predicted molar refractivity (Wildman–Crippen MR) is 75.1 cm³/mol. The van der Waals surface area contributed by atoms with Gasteiger partial charge in [0.25, 0.3) is 0 Å². The highest BCUT2D eigenvalue weighted by atomic mass is 32.1. The van der Waals surface area contributed by atoms with E-state index in [-0.39, 0.29) is 5.11 Å². The number of alkyl halides is 3. The fourth-order valence-electron chi connectivity index (χ4n) is 1.60. The Morgan fingerprint density at radius 3 is 2.20 bits per heavy atom. The first kappa shape index (κ1) is 14.3. The summed E-state index contributed by atoms with van der Waals surface area (Å²) in [4.78, 5) is 3.82. The number of hydrogen-bond acceptors (Lipinski definition) is 2. The molecule has 104 valence electrons. The molecule has 0 aliphatic heterocycles. The number of hydrogen-bond donors (Lipinski definition) is 2. The maximum atomic E-state index is 12.4. The zero-order chi connectivity index (χ0) is 14.8. The molecule has 0 fully saturated rings. The second kappa shape index (κ2) is 5.46. The van der Waals surface area contributed by atoms with Crippen LogP contribution in [0.2, 0.25) is 0 Å². The molecule has 1 heterocycles. The molecule has 0 aliphatic carbocycles. The Morgan fingerprint density at radius 1 is 1.10 bits per heavy atom. The van der Waals surface area contributed by atoms with Crippen LogP contribution in [0.5, 0.6) is 0 Å². The molecular formula is C13H10F3N3S. The highest BCUT2D eigenvalue weighted by Gasteiger charge is 2.30. The smallest absolute Gasteiger partial charge is 0.376 e. The van der Waals surface area contributed by atoms with Gasteiger partial charge in [0.15, 0.2) is 5.11 Å². The number of nitrogens with one attached hydrogen (secondary N) is 1. The lowest BCUT2D eigenvalue weighted by Gasteiger charge is -2.08. The normalized spacial score (nSPS) is 11.2. The number of benzene rings is 1. The van der Waals surface area contributed by atoms with Crippen molar-refractivity contribution in [2.24, 2.45) is 5.73 Å². The van der Waals surface area contributed by atoms with Crippen LogP contribution >= 0.6 is 12.2 Å². The van der Waals surface area contributed by atoms with Gasteiger partial charge in [-0.3, -0.25) is 4.98 Å². The molecule has 3 N–H and O–H groups in total. The SMILES string of the molecule is NC(=S)Nc1ccc(-c2ccc(C(F)(F)F)cn2)cc1. The summed E-state index contributed by atoms with van der Waals surface area (Å²) in [6.07, 6.45) is -3.56. The lowest BCUT2D eigenvalue weighted by molar-refractivity contribution is -0.137. The molecular weight excluding hydrogens is 287 g/mol. The number of nitrogens with zero attached hydrogens (tertiary/aromatic N) is 1. The van der Waals surface area contributed by atoms with Crippen LogP contribution in [-0.2, 0) is 6.18 Å². The van der Waals surface area contributed by atoms with E-state index in [1.807, 2.05) is 0 Å².